The second-order valence-corrected chi connectivity index (χ2v) is 7.20. The molecule has 0 saturated heterocycles. The highest BCUT2D eigenvalue weighted by Gasteiger charge is 2.06. The number of aromatic nitrogens is 2. The molecule has 0 fully saturated rings. The van der Waals surface area contributed by atoms with Crippen molar-refractivity contribution in [2.75, 3.05) is 30.4 Å². The molecule has 1 rings (SSSR count). The van der Waals surface area contributed by atoms with Crippen LogP contribution in [0, 0.1) is 5.92 Å². The fourth-order valence-corrected chi connectivity index (χ4v) is 2.06. The molecule has 19 heavy (non-hydrogen) atoms. The molecule has 0 aliphatic heterocycles. The van der Waals surface area contributed by atoms with E-state index in [1.165, 1.54) is 6.26 Å². The highest BCUT2D eigenvalue weighted by molar-refractivity contribution is 7.90. The number of sulfone groups is 1. The molecule has 0 radical (unpaired) electrons. The molecule has 0 aromatic carbocycles. The lowest BCUT2D eigenvalue weighted by atomic mass is 10.2. The Morgan fingerprint density at radius 2 is 2.05 bits per heavy atom. The van der Waals surface area contributed by atoms with E-state index >= 15 is 0 Å². The van der Waals surface area contributed by atoms with E-state index < -0.39 is 9.84 Å². The number of rotatable bonds is 9. The first kappa shape index (κ1) is 15.9. The molecule has 0 amide bonds. The minimum absolute atomic E-state index is 0.150. The molecule has 2 N–H and O–H groups in total. The molecule has 0 unspecified atom stereocenters. The van der Waals surface area contributed by atoms with Gasteiger partial charge in [-0.25, -0.2) is 8.42 Å². The third kappa shape index (κ3) is 7.78. The summed E-state index contributed by atoms with van der Waals surface area (Å²) >= 11 is 0. The summed E-state index contributed by atoms with van der Waals surface area (Å²) in [6.45, 7) is 6.16. The van der Waals surface area contributed by atoms with Crippen LogP contribution < -0.4 is 10.6 Å². The van der Waals surface area contributed by atoms with Crippen LogP contribution >= 0.6 is 0 Å². The lowest BCUT2D eigenvalue weighted by molar-refractivity contribution is 0.458. The predicted molar refractivity (Wildman–Crippen MR) is 73.7 cm³/mol. The molecule has 7 nitrogen and oxygen atoms in total. The maximum atomic E-state index is 10.9. The van der Waals surface area contributed by atoms with Crippen molar-refractivity contribution in [2.24, 2.45) is 5.92 Å². The average molecular weight is 290 g/mol. The van der Waals surface area contributed by atoms with Crippen molar-refractivity contribution in [1.82, 2.24) is 15.5 Å². The fourth-order valence-electron chi connectivity index (χ4n) is 1.39. The molecule has 1 aromatic heterocycles. The Morgan fingerprint density at radius 1 is 1.32 bits per heavy atom. The summed E-state index contributed by atoms with van der Waals surface area (Å²) < 4.78 is 27.2. The van der Waals surface area contributed by atoms with Gasteiger partial charge in [-0.1, -0.05) is 18.9 Å². The molecule has 0 atom stereocenters. The van der Waals surface area contributed by atoms with E-state index in [-0.39, 0.29) is 5.75 Å². The van der Waals surface area contributed by atoms with Crippen molar-refractivity contribution in [3.63, 3.8) is 0 Å². The van der Waals surface area contributed by atoms with Gasteiger partial charge in [-0.05, 0) is 18.9 Å². The summed E-state index contributed by atoms with van der Waals surface area (Å²) in [5, 5.41) is 13.8. The van der Waals surface area contributed by atoms with Gasteiger partial charge >= 0.3 is 6.01 Å². The van der Waals surface area contributed by atoms with Crippen molar-refractivity contribution in [2.45, 2.75) is 26.8 Å². The van der Waals surface area contributed by atoms with Crippen molar-refractivity contribution < 1.29 is 12.8 Å². The van der Waals surface area contributed by atoms with Gasteiger partial charge < -0.3 is 15.1 Å². The van der Waals surface area contributed by atoms with Crippen LogP contribution in [0.4, 0.5) is 6.01 Å². The second-order valence-electron chi connectivity index (χ2n) is 4.94. The molecule has 0 aliphatic rings. The van der Waals surface area contributed by atoms with Gasteiger partial charge in [0.2, 0.25) is 5.89 Å². The first-order valence-corrected chi connectivity index (χ1v) is 8.37. The molecule has 8 heteroatoms. The molecular weight excluding hydrogens is 268 g/mol. The molecular formula is C11H22N4O3S. The lowest BCUT2D eigenvalue weighted by Crippen LogP contribution is -2.19. The zero-order valence-corrected chi connectivity index (χ0v) is 12.5. The third-order valence-electron chi connectivity index (χ3n) is 2.26. The standard InChI is InChI=1S/C11H22N4O3S/c1-9(2)7-12-8-10-14-15-11(18-10)13-5-4-6-19(3,16)17/h9,12H,4-8H2,1-3H3,(H,13,15). The van der Waals surface area contributed by atoms with Gasteiger partial charge in [0.15, 0.2) is 0 Å². The summed E-state index contributed by atoms with van der Waals surface area (Å²) in [7, 11) is -2.91. The smallest absolute Gasteiger partial charge is 0.315 e. The van der Waals surface area contributed by atoms with Crippen molar-refractivity contribution in [1.29, 1.82) is 0 Å². The number of anilines is 1. The largest absolute Gasteiger partial charge is 0.407 e. The van der Waals surface area contributed by atoms with E-state index in [0.717, 1.165) is 6.54 Å². The first-order valence-electron chi connectivity index (χ1n) is 6.31. The molecule has 0 bridgehead atoms. The minimum atomic E-state index is -2.91. The third-order valence-corrected chi connectivity index (χ3v) is 3.29. The Bertz CT molecular complexity index is 470. The van der Waals surface area contributed by atoms with Gasteiger partial charge in [0.25, 0.3) is 0 Å². The summed E-state index contributed by atoms with van der Waals surface area (Å²) in [4.78, 5) is 0. The highest BCUT2D eigenvalue weighted by Crippen LogP contribution is 2.05. The van der Waals surface area contributed by atoms with Crippen LogP contribution in [-0.4, -0.2) is 43.7 Å². The van der Waals surface area contributed by atoms with Crippen molar-refractivity contribution in [3.8, 4) is 0 Å². The van der Waals surface area contributed by atoms with Crippen LogP contribution in [0.15, 0.2) is 4.42 Å². The monoisotopic (exact) mass is 290 g/mol. The van der Waals surface area contributed by atoms with Crippen LogP contribution in [0.1, 0.15) is 26.2 Å². The predicted octanol–water partition coefficient (Wildman–Crippen LogP) is 0.662. The van der Waals surface area contributed by atoms with E-state index in [2.05, 4.69) is 34.7 Å². The second kappa shape index (κ2) is 7.44. The van der Waals surface area contributed by atoms with Crippen LogP contribution in [-0.2, 0) is 16.4 Å². The van der Waals surface area contributed by atoms with E-state index in [1.54, 1.807) is 0 Å². The van der Waals surface area contributed by atoms with E-state index in [9.17, 15) is 8.42 Å². The van der Waals surface area contributed by atoms with Gasteiger partial charge in [-0.2, -0.15) is 0 Å². The summed E-state index contributed by atoms with van der Waals surface area (Å²) in [6, 6.07) is 0.329. The Hall–Kier alpha value is -1.15. The molecule has 1 aromatic rings. The van der Waals surface area contributed by atoms with Crippen LogP contribution in [0.25, 0.3) is 0 Å². The number of hydrogen-bond acceptors (Lipinski definition) is 7. The Kier molecular flexibility index (Phi) is 6.23. The van der Waals surface area contributed by atoms with E-state index in [1.807, 2.05) is 0 Å². The topological polar surface area (TPSA) is 97.1 Å². The lowest BCUT2D eigenvalue weighted by Gasteiger charge is -2.03. The van der Waals surface area contributed by atoms with Crippen molar-refractivity contribution >= 4 is 15.9 Å². The minimum Gasteiger partial charge on any atom is -0.407 e. The normalized spacial score (nSPS) is 12.0. The molecule has 0 saturated carbocycles. The van der Waals surface area contributed by atoms with Gasteiger partial charge in [0.1, 0.15) is 9.84 Å². The van der Waals surface area contributed by atoms with Gasteiger partial charge in [0.05, 0.1) is 12.3 Å². The SMILES string of the molecule is CC(C)CNCc1nnc(NCCCS(C)(=O)=O)o1. The quantitative estimate of drug-likeness (QED) is 0.645. The average Bonchev–Trinajstić information content (AvgIpc) is 2.71. The van der Waals surface area contributed by atoms with Crippen LogP contribution in [0.2, 0.25) is 0 Å². The fraction of sp³-hybridized carbons (Fsp3) is 0.818. The van der Waals surface area contributed by atoms with Crippen LogP contribution in [0.3, 0.4) is 0 Å². The number of nitrogens with one attached hydrogen (secondary N) is 2. The van der Waals surface area contributed by atoms with Gasteiger partial charge in [-0.3, -0.25) is 0 Å². The number of nitrogens with zero attached hydrogens (tertiary/aromatic N) is 2. The van der Waals surface area contributed by atoms with Gasteiger partial charge in [-0.15, -0.1) is 5.10 Å². The molecule has 0 aliphatic carbocycles. The van der Waals surface area contributed by atoms with E-state index in [4.69, 9.17) is 4.42 Å². The molecule has 110 valence electrons. The maximum Gasteiger partial charge on any atom is 0.315 e. The maximum absolute atomic E-state index is 10.9. The summed E-state index contributed by atoms with van der Waals surface area (Å²) in [6.07, 6.45) is 1.74. The zero-order valence-electron chi connectivity index (χ0n) is 11.6. The first-order chi connectivity index (χ1) is 8.87. The summed E-state index contributed by atoms with van der Waals surface area (Å²) in [5.41, 5.74) is 0. The van der Waals surface area contributed by atoms with Crippen LogP contribution in [0.5, 0.6) is 0 Å². The van der Waals surface area contributed by atoms with Crippen molar-refractivity contribution in [3.05, 3.63) is 5.89 Å². The Balaban J connectivity index is 2.23. The number of hydrogen-bond donors (Lipinski definition) is 2. The Labute approximate surface area is 114 Å². The molecule has 0 spiro atoms. The summed E-state index contributed by atoms with van der Waals surface area (Å²) in [5.74, 6) is 1.24. The Morgan fingerprint density at radius 3 is 2.68 bits per heavy atom. The zero-order chi connectivity index (χ0) is 14.3. The highest BCUT2D eigenvalue weighted by atomic mass is 32.2. The van der Waals surface area contributed by atoms with Gasteiger partial charge in [0, 0.05) is 12.8 Å². The van der Waals surface area contributed by atoms with E-state index in [0.29, 0.717) is 37.3 Å². The molecule has 1 heterocycles.